The molecule has 1 fully saturated rings. The SMILES string of the molecule is O=C(O)c1nnc(C2CCCCS2(=O)=O)o1. The van der Waals surface area contributed by atoms with Crippen molar-refractivity contribution in [1.82, 2.24) is 10.2 Å². The van der Waals surface area contributed by atoms with Gasteiger partial charge in [0, 0.05) is 0 Å². The van der Waals surface area contributed by atoms with Crippen molar-refractivity contribution >= 4 is 15.8 Å². The first-order valence-corrected chi connectivity index (χ1v) is 6.50. The number of rotatable bonds is 2. The van der Waals surface area contributed by atoms with Crippen molar-refractivity contribution in [2.75, 3.05) is 5.75 Å². The van der Waals surface area contributed by atoms with Gasteiger partial charge in [0.15, 0.2) is 9.84 Å². The molecular formula is C8H10N2O5S. The number of carboxylic acids is 1. The number of sulfone groups is 1. The van der Waals surface area contributed by atoms with Crippen LogP contribution in [0.3, 0.4) is 0 Å². The quantitative estimate of drug-likeness (QED) is 0.804. The smallest absolute Gasteiger partial charge is 0.393 e. The zero-order valence-corrected chi connectivity index (χ0v) is 9.11. The van der Waals surface area contributed by atoms with E-state index in [2.05, 4.69) is 10.2 Å². The van der Waals surface area contributed by atoms with E-state index in [0.29, 0.717) is 12.8 Å². The predicted octanol–water partition coefficient (Wildman–Crippen LogP) is 0.408. The van der Waals surface area contributed by atoms with Gasteiger partial charge in [-0.1, -0.05) is 6.42 Å². The summed E-state index contributed by atoms with van der Waals surface area (Å²) in [4.78, 5) is 10.5. The van der Waals surface area contributed by atoms with Crippen LogP contribution >= 0.6 is 0 Å². The van der Waals surface area contributed by atoms with Gasteiger partial charge in [-0.3, -0.25) is 0 Å². The molecule has 0 aliphatic carbocycles. The summed E-state index contributed by atoms with van der Waals surface area (Å²) in [5, 5.41) is 14.5. The molecule has 16 heavy (non-hydrogen) atoms. The second-order valence-electron chi connectivity index (χ2n) is 3.60. The fourth-order valence-corrected chi connectivity index (χ4v) is 3.50. The molecule has 0 radical (unpaired) electrons. The van der Waals surface area contributed by atoms with Gasteiger partial charge < -0.3 is 9.52 Å². The number of carbonyl (C=O) groups is 1. The summed E-state index contributed by atoms with van der Waals surface area (Å²) in [7, 11) is -3.28. The van der Waals surface area contributed by atoms with Crippen molar-refractivity contribution in [3.05, 3.63) is 11.8 Å². The summed E-state index contributed by atoms with van der Waals surface area (Å²) in [5.74, 6) is -1.96. The summed E-state index contributed by atoms with van der Waals surface area (Å²) in [6.07, 6.45) is 1.79. The van der Waals surface area contributed by atoms with Crippen molar-refractivity contribution in [3.8, 4) is 0 Å². The molecular weight excluding hydrogens is 236 g/mol. The molecule has 1 unspecified atom stereocenters. The molecule has 1 atom stereocenters. The third-order valence-corrected chi connectivity index (χ3v) is 4.64. The molecule has 88 valence electrons. The fourth-order valence-electron chi connectivity index (χ4n) is 1.68. The van der Waals surface area contributed by atoms with E-state index in [9.17, 15) is 13.2 Å². The summed E-state index contributed by atoms with van der Waals surface area (Å²) in [6.45, 7) is 0. The van der Waals surface area contributed by atoms with Crippen LogP contribution in [0.15, 0.2) is 4.42 Å². The molecule has 7 nitrogen and oxygen atoms in total. The minimum Gasteiger partial charge on any atom is -0.474 e. The van der Waals surface area contributed by atoms with Gasteiger partial charge in [0.05, 0.1) is 5.75 Å². The molecule has 8 heteroatoms. The molecule has 0 bridgehead atoms. The number of aromatic carboxylic acids is 1. The zero-order valence-electron chi connectivity index (χ0n) is 8.29. The molecule has 2 rings (SSSR count). The Hall–Kier alpha value is -1.44. The molecule has 0 saturated carbocycles. The van der Waals surface area contributed by atoms with Gasteiger partial charge in [0.1, 0.15) is 5.25 Å². The Balaban J connectivity index is 2.32. The standard InChI is InChI=1S/C8H10N2O5S/c11-8(12)7-10-9-6(15-7)5-3-1-2-4-16(5,13)14/h5H,1-4H2,(H,11,12). The van der Waals surface area contributed by atoms with Crippen molar-refractivity contribution in [2.45, 2.75) is 24.5 Å². The van der Waals surface area contributed by atoms with Gasteiger partial charge in [0.2, 0.25) is 5.89 Å². The number of hydrogen-bond acceptors (Lipinski definition) is 6. The lowest BCUT2D eigenvalue weighted by Crippen LogP contribution is -2.21. The zero-order chi connectivity index (χ0) is 11.8. The number of carboxylic acid groups (broad SMARTS) is 1. The van der Waals surface area contributed by atoms with Crippen LogP contribution in [0, 0.1) is 0 Å². The summed E-state index contributed by atoms with van der Waals surface area (Å²) in [5.41, 5.74) is 0. The number of aromatic nitrogens is 2. The average molecular weight is 246 g/mol. The van der Waals surface area contributed by atoms with Crippen LogP contribution in [-0.4, -0.2) is 35.4 Å². The van der Waals surface area contributed by atoms with Crippen LogP contribution in [0.25, 0.3) is 0 Å². The Morgan fingerprint density at radius 2 is 2.12 bits per heavy atom. The lowest BCUT2D eigenvalue weighted by molar-refractivity contribution is 0.0651. The van der Waals surface area contributed by atoms with Gasteiger partial charge in [-0.05, 0) is 12.8 Å². The molecule has 1 aromatic heterocycles. The Kier molecular flexibility index (Phi) is 2.66. The Bertz CT molecular complexity index is 506. The van der Waals surface area contributed by atoms with Crippen molar-refractivity contribution in [3.63, 3.8) is 0 Å². The van der Waals surface area contributed by atoms with Crippen LogP contribution in [0.5, 0.6) is 0 Å². The molecule has 0 amide bonds. The first-order valence-electron chi connectivity index (χ1n) is 4.79. The molecule has 2 heterocycles. The highest BCUT2D eigenvalue weighted by molar-refractivity contribution is 7.91. The Morgan fingerprint density at radius 3 is 2.69 bits per heavy atom. The lowest BCUT2D eigenvalue weighted by Gasteiger charge is -2.18. The molecule has 1 aliphatic heterocycles. The minimum absolute atomic E-state index is 0.0858. The topological polar surface area (TPSA) is 110 Å². The van der Waals surface area contributed by atoms with Gasteiger partial charge in [-0.25, -0.2) is 13.2 Å². The van der Waals surface area contributed by atoms with E-state index in [4.69, 9.17) is 9.52 Å². The van der Waals surface area contributed by atoms with E-state index in [-0.39, 0.29) is 11.6 Å². The second-order valence-corrected chi connectivity index (χ2v) is 5.91. The van der Waals surface area contributed by atoms with E-state index in [1.807, 2.05) is 0 Å². The van der Waals surface area contributed by atoms with E-state index in [1.165, 1.54) is 0 Å². The normalized spacial score (nSPS) is 24.1. The number of nitrogens with zero attached hydrogens (tertiary/aromatic N) is 2. The maximum atomic E-state index is 11.7. The maximum absolute atomic E-state index is 11.7. The molecule has 1 aliphatic rings. The molecule has 0 aromatic carbocycles. The lowest BCUT2D eigenvalue weighted by atomic mass is 10.2. The monoisotopic (exact) mass is 246 g/mol. The Morgan fingerprint density at radius 1 is 1.38 bits per heavy atom. The average Bonchev–Trinajstić information content (AvgIpc) is 2.65. The fraction of sp³-hybridized carbons (Fsp3) is 0.625. The minimum atomic E-state index is -3.28. The Labute approximate surface area is 91.4 Å². The van der Waals surface area contributed by atoms with Crippen molar-refractivity contribution in [2.24, 2.45) is 0 Å². The van der Waals surface area contributed by atoms with Gasteiger partial charge in [-0.2, -0.15) is 0 Å². The number of hydrogen-bond donors (Lipinski definition) is 1. The van der Waals surface area contributed by atoms with Crippen LogP contribution in [0.1, 0.15) is 41.1 Å². The van der Waals surface area contributed by atoms with Gasteiger partial charge in [0.25, 0.3) is 0 Å². The highest BCUT2D eigenvalue weighted by Gasteiger charge is 2.35. The summed E-state index contributed by atoms with van der Waals surface area (Å²) >= 11 is 0. The van der Waals surface area contributed by atoms with Gasteiger partial charge >= 0.3 is 11.9 Å². The van der Waals surface area contributed by atoms with E-state index in [1.54, 1.807) is 0 Å². The van der Waals surface area contributed by atoms with Crippen LogP contribution < -0.4 is 0 Å². The predicted molar refractivity (Wildman–Crippen MR) is 51.6 cm³/mol. The molecule has 1 saturated heterocycles. The third kappa shape index (κ3) is 1.92. The van der Waals surface area contributed by atoms with E-state index in [0.717, 1.165) is 6.42 Å². The first kappa shape index (κ1) is 11.1. The van der Waals surface area contributed by atoms with Crippen molar-refractivity contribution in [1.29, 1.82) is 0 Å². The van der Waals surface area contributed by atoms with E-state index < -0.39 is 26.9 Å². The van der Waals surface area contributed by atoms with Crippen LogP contribution in [0.4, 0.5) is 0 Å². The maximum Gasteiger partial charge on any atom is 0.393 e. The van der Waals surface area contributed by atoms with E-state index >= 15 is 0 Å². The third-order valence-electron chi connectivity index (χ3n) is 2.48. The van der Waals surface area contributed by atoms with Gasteiger partial charge in [-0.15, -0.1) is 10.2 Å². The summed E-state index contributed by atoms with van der Waals surface area (Å²) in [6, 6.07) is 0. The van der Waals surface area contributed by atoms with Crippen molar-refractivity contribution < 1.29 is 22.7 Å². The highest BCUT2D eigenvalue weighted by atomic mass is 32.2. The highest BCUT2D eigenvalue weighted by Crippen LogP contribution is 2.32. The molecule has 1 aromatic rings. The first-order chi connectivity index (χ1) is 7.50. The summed E-state index contributed by atoms with van der Waals surface area (Å²) < 4.78 is 28.2. The van der Waals surface area contributed by atoms with Crippen LogP contribution in [-0.2, 0) is 9.84 Å². The molecule has 0 spiro atoms. The second kappa shape index (κ2) is 3.85. The molecule has 1 N–H and O–H groups in total. The largest absolute Gasteiger partial charge is 0.474 e. The van der Waals surface area contributed by atoms with Crippen LogP contribution in [0.2, 0.25) is 0 Å².